The van der Waals surface area contributed by atoms with Crippen molar-refractivity contribution in [3.63, 3.8) is 0 Å². The molecule has 0 saturated carbocycles. The van der Waals surface area contributed by atoms with Crippen molar-refractivity contribution in [1.29, 1.82) is 0 Å². The van der Waals surface area contributed by atoms with Gasteiger partial charge in [-0.3, -0.25) is 0 Å². The number of hydrogen-bond acceptors (Lipinski definition) is 2. The maximum atomic E-state index is 13.4. The van der Waals surface area contributed by atoms with E-state index < -0.39 is 6.17 Å². The molecule has 1 rings (SSSR count). The molecule has 4 heteroatoms. The van der Waals surface area contributed by atoms with E-state index in [1.807, 2.05) is 13.8 Å². The minimum absolute atomic E-state index is 0. The Labute approximate surface area is 115 Å². The standard InChI is InChI=1S/C9H17FO2.Ac/c1-3-7-6(2)9(10)8(12-7)4-5-11;/h6-9,11H,3-5H2,1-2H3;/t6-,7+,8?,9-;/m0./s1. The summed E-state index contributed by atoms with van der Waals surface area (Å²) in [4.78, 5) is 0. The first kappa shape index (κ1) is 14.3. The van der Waals surface area contributed by atoms with E-state index in [2.05, 4.69) is 0 Å². The number of hydrogen-bond donors (Lipinski definition) is 1. The van der Waals surface area contributed by atoms with Gasteiger partial charge in [0.05, 0.1) is 12.2 Å². The van der Waals surface area contributed by atoms with E-state index in [0.717, 1.165) is 6.42 Å². The molecule has 0 spiro atoms. The largest absolute Gasteiger partial charge is 0.396 e. The zero-order valence-corrected chi connectivity index (χ0v) is 13.0. The fourth-order valence-electron chi connectivity index (χ4n) is 1.79. The number of halogens is 1. The molecule has 1 heterocycles. The van der Waals surface area contributed by atoms with Crippen LogP contribution >= 0.6 is 0 Å². The van der Waals surface area contributed by atoms with Crippen LogP contribution in [-0.2, 0) is 4.74 Å². The summed E-state index contributed by atoms with van der Waals surface area (Å²) >= 11 is 0. The number of aliphatic hydroxyl groups excluding tert-OH is 1. The molecule has 0 bridgehead atoms. The van der Waals surface area contributed by atoms with E-state index in [1.54, 1.807) is 0 Å². The van der Waals surface area contributed by atoms with Gasteiger partial charge in [-0.25, -0.2) is 4.39 Å². The van der Waals surface area contributed by atoms with E-state index in [4.69, 9.17) is 9.84 Å². The topological polar surface area (TPSA) is 29.5 Å². The van der Waals surface area contributed by atoms with Crippen molar-refractivity contribution in [2.45, 2.75) is 45.1 Å². The van der Waals surface area contributed by atoms with Crippen LogP contribution in [0.15, 0.2) is 0 Å². The van der Waals surface area contributed by atoms with Gasteiger partial charge in [0.15, 0.2) is 0 Å². The fraction of sp³-hybridized carbons (Fsp3) is 1.00. The second-order valence-corrected chi connectivity index (χ2v) is 3.44. The number of aliphatic hydroxyl groups is 1. The average Bonchev–Trinajstić information content (AvgIpc) is 2.33. The maximum absolute atomic E-state index is 13.4. The molecule has 0 aromatic rings. The third kappa shape index (κ3) is 3.41. The number of ether oxygens (including phenoxy) is 1. The van der Waals surface area contributed by atoms with Gasteiger partial charge in [-0.05, 0) is 12.8 Å². The zero-order valence-electron chi connectivity index (χ0n) is 8.24. The van der Waals surface area contributed by atoms with Crippen molar-refractivity contribution in [2.24, 2.45) is 5.92 Å². The molecule has 0 aliphatic carbocycles. The molecule has 2 nitrogen and oxygen atoms in total. The number of rotatable bonds is 3. The molecule has 1 unspecified atom stereocenters. The Kier molecular flexibility index (Phi) is 7.38. The predicted octanol–water partition coefficient (Wildman–Crippen LogP) is 1.52. The van der Waals surface area contributed by atoms with Crippen LogP contribution in [-0.4, -0.2) is 30.1 Å². The van der Waals surface area contributed by atoms with Crippen LogP contribution < -0.4 is 0 Å². The molecular weight excluding hydrogens is 386 g/mol. The molecular formula is C9H17AcFO2. The van der Waals surface area contributed by atoms with E-state index in [-0.39, 0.29) is 68.8 Å². The molecule has 1 saturated heterocycles. The summed E-state index contributed by atoms with van der Waals surface area (Å²) in [5.41, 5.74) is 0. The van der Waals surface area contributed by atoms with E-state index >= 15 is 0 Å². The Morgan fingerprint density at radius 2 is 2.00 bits per heavy atom. The molecule has 1 fully saturated rings. The number of alkyl halides is 1. The van der Waals surface area contributed by atoms with Crippen LogP contribution in [0.4, 0.5) is 4.39 Å². The first-order valence-electron chi connectivity index (χ1n) is 4.61. The SMILES string of the molecule is CC[C@H]1OC(CCO)[C@@H](F)[C@H]1C.[Ac]. The van der Waals surface area contributed by atoms with Crippen LogP contribution in [0.1, 0.15) is 26.7 Å². The van der Waals surface area contributed by atoms with Crippen molar-refractivity contribution in [2.75, 3.05) is 6.61 Å². The summed E-state index contributed by atoms with van der Waals surface area (Å²) in [6.07, 6.45) is 0.0273. The van der Waals surface area contributed by atoms with Crippen molar-refractivity contribution >= 4 is 0 Å². The summed E-state index contributed by atoms with van der Waals surface area (Å²) in [5, 5.41) is 8.64. The molecule has 75 valence electrons. The van der Waals surface area contributed by atoms with Crippen molar-refractivity contribution < 1.29 is 58.3 Å². The Balaban J connectivity index is 0.00000144. The quantitative estimate of drug-likeness (QED) is 0.775. The monoisotopic (exact) mass is 403 g/mol. The summed E-state index contributed by atoms with van der Waals surface area (Å²) in [6, 6.07) is 0. The molecule has 0 aromatic carbocycles. The fourth-order valence-corrected chi connectivity index (χ4v) is 1.79. The summed E-state index contributed by atoms with van der Waals surface area (Å²) < 4.78 is 18.8. The van der Waals surface area contributed by atoms with Gasteiger partial charge in [-0.1, -0.05) is 13.8 Å². The average molecular weight is 403 g/mol. The van der Waals surface area contributed by atoms with Gasteiger partial charge in [-0.15, -0.1) is 0 Å². The molecule has 0 aromatic heterocycles. The molecule has 1 N–H and O–H groups in total. The second kappa shape index (κ2) is 6.72. The Morgan fingerprint density at radius 3 is 2.38 bits per heavy atom. The molecule has 1 aliphatic heterocycles. The summed E-state index contributed by atoms with van der Waals surface area (Å²) in [5.74, 6) is -0.0217. The van der Waals surface area contributed by atoms with Gasteiger partial charge < -0.3 is 9.84 Å². The van der Waals surface area contributed by atoms with Crippen molar-refractivity contribution in [3.05, 3.63) is 0 Å². The maximum Gasteiger partial charge on any atom is 0.131 e. The first-order chi connectivity index (χ1) is 5.70. The van der Waals surface area contributed by atoms with E-state index in [0.29, 0.717) is 6.42 Å². The van der Waals surface area contributed by atoms with E-state index in [1.165, 1.54) is 0 Å². The minimum atomic E-state index is -0.901. The second-order valence-electron chi connectivity index (χ2n) is 3.44. The van der Waals surface area contributed by atoms with Gasteiger partial charge in [0.1, 0.15) is 6.17 Å². The molecule has 0 amide bonds. The summed E-state index contributed by atoms with van der Waals surface area (Å²) in [7, 11) is 0. The van der Waals surface area contributed by atoms with Crippen LogP contribution in [0.25, 0.3) is 0 Å². The molecule has 13 heavy (non-hydrogen) atoms. The molecule has 4 atom stereocenters. The Bertz CT molecular complexity index is 146. The van der Waals surface area contributed by atoms with E-state index in [9.17, 15) is 4.39 Å². The smallest absolute Gasteiger partial charge is 0.131 e. The van der Waals surface area contributed by atoms with Gasteiger partial charge in [0, 0.05) is 56.6 Å². The molecule has 1 aliphatic rings. The molecule has 1 radical (unpaired) electrons. The first-order valence-corrected chi connectivity index (χ1v) is 4.61. The summed E-state index contributed by atoms with van der Waals surface area (Å²) in [6.45, 7) is 3.87. The Hall–Kier alpha value is 1.29. The van der Waals surface area contributed by atoms with Gasteiger partial charge in [0.25, 0.3) is 0 Å². The van der Waals surface area contributed by atoms with Crippen LogP contribution in [0.2, 0.25) is 0 Å². The minimum Gasteiger partial charge on any atom is -0.396 e. The van der Waals surface area contributed by atoms with Crippen molar-refractivity contribution in [1.82, 2.24) is 0 Å². The third-order valence-electron chi connectivity index (χ3n) is 2.61. The third-order valence-corrected chi connectivity index (χ3v) is 2.61. The predicted molar refractivity (Wildman–Crippen MR) is 44.7 cm³/mol. The van der Waals surface area contributed by atoms with Gasteiger partial charge in [-0.2, -0.15) is 0 Å². The Morgan fingerprint density at radius 1 is 1.38 bits per heavy atom. The van der Waals surface area contributed by atoms with Gasteiger partial charge >= 0.3 is 0 Å². The van der Waals surface area contributed by atoms with Gasteiger partial charge in [0.2, 0.25) is 0 Å². The van der Waals surface area contributed by atoms with Crippen LogP contribution in [0.5, 0.6) is 0 Å². The normalized spacial score (nSPS) is 38.8. The van der Waals surface area contributed by atoms with Crippen molar-refractivity contribution in [3.8, 4) is 0 Å². The van der Waals surface area contributed by atoms with Crippen LogP contribution in [0.3, 0.4) is 0 Å². The van der Waals surface area contributed by atoms with Crippen LogP contribution in [0, 0.1) is 50.0 Å². The zero-order chi connectivity index (χ0) is 9.14.